The summed E-state index contributed by atoms with van der Waals surface area (Å²) in [5, 5.41) is 5.50. The van der Waals surface area contributed by atoms with Gasteiger partial charge in [-0.15, -0.1) is 0 Å². The van der Waals surface area contributed by atoms with Crippen LogP contribution < -0.4 is 10.6 Å². The van der Waals surface area contributed by atoms with Crippen LogP contribution in [0.25, 0.3) is 0 Å². The summed E-state index contributed by atoms with van der Waals surface area (Å²) in [6, 6.07) is 14.1. The van der Waals surface area contributed by atoms with E-state index < -0.39 is 21.7 Å². The van der Waals surface area contributed by atoms with Crippen molar-refractivity contribution in [2.75, 3.05) is 5.32 Å². The zero-order valence-corrected chi connectivity index (χ0v) is 13.5. The average molecular weight is 362 g/mol. The van der Waals surface area contributed by atoms with Crippen molar-refractivity contribution in [1.29, 1.82) is 0 Å². The van der Waals surface area contributed by atoms with E-state index >= 15 is 0 Å². The summed E-state index contributed by atoms with van der Waals surface area (Å²) in [4.78, 5) is 12.2. The lowest BCUT2D eigenvalue weighted by Crippen LogP contribution is -2.49. The summed E-state index contributed by atoms with van der Waals surface area (Å²) in [5.74, 6) is -0.920. The number of anilines is 1. The van der Waals surface area contributed by atoms with Gasteiger partial charge in [0.2, 0.25) is 3.79 Å². The Morgan fingerprint density at radius 2 is 1.59 bits per heavy atom. The molecule has 1 unspecified atom stereocenters. The number of amides is 1. The van der Waals surface area contributed by atoms with Gasteiger partial charge in [0.25, 0.3) is 5.91 Å². The number of carbonyl (C=O) groups excluding carboxylic acids is 1. The largest absolute Gasteiger partial charge is 0.362 e. The van der Waals surface area contributed by atoms with E-state index in [4.69, 9.17) is 34.8 Å². The number of rotatable bonds is 4. The standard InChI is InChI=1S/C15H12Cl3FN2O/c16-15(17,18)14(20-12-4-2-1-3-5-12)21-13(22)10-6-8-11(19)9-7-10/h1-9,14,20H,(H,21,22). The molecule has 116 valence electrons. The third-order valence-electron chi connectivity index (χ3n) is 2.79. The van der Waals surface area contributed by atoms with Crippen molar-refractivity contribution in [2.45, 2.75) is 9.96 Å². The topological polar surface area (TPSA) is 41.1 Å². The summed E-state index contributed by atoms with van der Waals surface area (Å²) in [6.45, 7) is 0. The minimum absolute atomic E-state index is 0.260. The Morgan fingerprint density at radius 1 is 1.00 bits per heavy atom. The molecule has 0 aromatic heterocycles. The van der Waals surface area contributed by atoms with Crippen molar-refractivity contribution in [3.63, 3.8) is 0 Å². The molecular weight excluding hydrogens is 350 g/mol. The molecule has 0 spiro atoms. The van der Waals surface area contributed by atoms with E-state index in [9.17, 15) is 9.18 Å². The Morgan fingerprint density at radius 3 is 2.14 bits per heavy atom. The monoisotopic (exact) mass is 360 g/mol. The van der Waals surface area contributed by atoms with Gasteiger partial charge in [0.1, 0.15) is 12.0 Å². The molecule has 2 aromatic carbocycles. The van der Waals surface area contributed by atoms with Crippen LogP contribution in [0.4, 0.5) is 10.1 Å². The first kappa shape index (κ1) is 16.9. The molecule has 2 aromatic rings. The Balaban J connectivity index is 2.13. The molecule has 22 heavy (non-hydrogen) atoms. The zero-order valence-electron chi connectivity index (χ0n) is 11.2. The number of halogens is 4. The second kappa shape index (κ2) is 7.18. The molecule has 0 fully saturated rings. The van der Waals surface area contributed by atoms with E-state index in [2.05, 4.69) is 10.6 Å². The first-order valence-corrected chi connectivity index (χ1v) is 7.44. The highest BCUT2D eigenvalue weighted by Gasteiger charge is 2.34. The summed E-state index contributed by atoms with van der Waals surface area (Å²) in [7, 11) is 0. The molecule has 2 N–H and O–H groups in total. The number of carbonyl (C=O) groups is 1. The van der Waals surface area contributed by atoms with E-state index in [1.165, 1.54) is 24.3 Å². The molecular formula is C15H12Cl3FN2O. The van der Waals surface area contributed by atoms with Crippen LogP contribution in [0.1, 0.15) is 10.4 Å². The van der Waals surface area contributed by atoms with Gasteiger partial charge in [-0.3, -0.25) is 4.79 Å². The summed E-state index contributed by atoms with van der Waals surface area (Å²) < 4.78 is 11.1. The highest BCUT2D eigenvalue weighted by Crippen LogP contribution is 2.31. The van der Waals surface area contributed by atoms with Crippen LogP contribution >= 0.6 is 34.8 Å². The van der Waals surface area contributed by atoms with Crippen LogP contribution in [0.3, 0.4) is 0 Å². The molecule has 1 atom stereocenters. The minimum Gasteiger partial charge on any atom is -0.362 e. The van der Waals surface area contributed by atoms with Gasteiger partial charge >= 0.3 is 0 Å². The summed E-state index contributed by atoms with van der Waals surface area (Å²) in [6.07, 6.45) is -0.961. The predicted octanol–water partition coefficient (Wildman–Crippen LogP) is 4.36. The lowest BCUT2D eigenvalue weighted by atomic mass is 10.2. The molecule has 0 aliphatic carbocycles. The van der Waals surface area contributed by atoms with Gasteiger partial charge in [-0.05, 0) is 36.4 Å². The number of alkyl halides is 3. The molecule has 0 bridgehead atoms. The van der Waals surface area contributed by atoms with Crippen molar-refractivity contribution in [3.05, 3.63) is 66.0 Å². The SMILES string of the molecule is O=C(NC(Nc1ccccc1)C(Cl)(Cl)Cl)c1ccc(F)cc1. The van der Waals surface area contributed by atoms with E-state index in [1.807, 2.05) is 6.07 Å². The summed E-state index contributed by atoms with van der Waals surface area (Å²) >= 11 is 17.7. The molecule has 1 amide bonds. The highest BCUT2D eigenvalue weighted by molar-refractivity contribution is 6.68. The average Bonchev–Trinajstić information content (AvgIpc) is 2.47. The quantitative estimate of drug-likeness (QED) is 0.627. The highest BCUT2D eigenvalue weighted by atomic mass is 35.6. The maximum absolute atomic E-state index is 12.9. The Hall–Kier alpha value is -1.49. The molecule has 7 heteroatoms. The van der Waals surface area contributed by atoms with E-state index in [-0.39, 0.29) is 5.56 Å². The first-order chi connectivity index (χ1) is 10.4. The number of para-hydroxylation sites is 1. The fraction of sp³-hybridized carbons (Fsp3) is 0.133. The molecule has 0 aliphatic rings. The van der Waals surface area contributed by atoms with Crippen LogP contribution in [0.2, 0.25) is 0 Å². The minimum atomic E-state index is -1.77. The molecule has 0 heterocycles. The van der Waals surface area contributed by atoms with Crippen molar-refractivity contribution in [1.82, 2.24) is 5.32 Å². The van der Waals surface area contributed by atoms with Gasteiger partial charge in [0.05, 0.1) is 0 Å². The van der Waals surface area contributed by atoms with Gasteiger partial charge in [0, 0.05) is 11.3 Å². The third-order valence-corrected chi connectivity index (χ3v) is 3.45. The number of nitrogens with one attached hydrogen (secondary N) is 2. The third kappa shape index (κ3) is 4.77. The number of benzene rings is 2. The molecule has 0 radical (unpaired) electrons. The van der Waals surface area contributed by atoms with Gasteiger partial charge in [-0.1, -0.05) is 53.0 Å². The van der Waals surface area contributed by atoms with Crippen molar-refractivity contribution < 1.29 is 9.18 Å². The zero-order chi connectivity index (χ0) is 16.2. The molecule has 3 nitrogen and oxygen atoms in total. The van der Waals surface area contributed by atoms with Crippen molar-refractivity contribution >= 4 is 46.4 Å². The van der Waals surface area contributed by atoms with E-state index in [0.717, 1.165) is 0 Å². The van der Waals surface area contributed by atoms with Gasteiger partial charge in [0.15, 0.2) is 0 Å². The fourth-order valence-corrected chi connectivity index (χ4v) is 2.04. The summed E-state index contributed by atoms with van der Waals surface area (Å²) in [5.41, 5.74) is 0.939. The van der Waals surface area contributed by atoms with Gasteiger partial charge in [-0.2, -0.15) is 0 Å². The number of hydrogen-bond acceptors (Lipinski definition) is 2. The smallest absolute Gasteiger partial charge is 0.252 e. The Kier molecular flexibility index (Phi) is 5.51. The lowest BCUT2D eigenvalue weighted by Gasteiger charge is -2.27. The Labute approximate surface area is 142 Å². The van der Waals surface area contributed by atoms with Crippen LogP contribution in [0, 0.1) is 5.82 Å². The van der Waals surface area contributed by atoms with Crippen LogP contribution in [-0.2, 0) is 0 Å². The maximum atomic E-state index is 12.9. The second-order valence-corrected chi connectivity index (χ2v) is 6.83. The van der Waals surface area contributed by atoms with Crippen molar-refractivity contribution in [2.24, 2.45) is 0 Å². The maximum Gasteiger partial charge on any atom is 0.252 e. The molecule has 0 aliphatic heterocycles. The van der Waals surface area contributed by atoms with Crippen molar-refractivity contribution in [3.8, 4) is 0 Å². The fourth-order valence-electron chi connectivity index (χ4n) is 1.72. The normalized spacial score (nSPS) is 12.5. The number of hydrogen-bond donors (Lipinski definition) is 2. The van der Waals surface area contributed by atoms with Gasteiger partial charge < -0.3 is 10.6 Å². The Bertz CT molecular complexity index is 629. The predicted molar refractivity (Wildman–Crippen MR) is 88.0 cm³/mol. The first-order valence-electron chi connectivity index (χ1n) is 6.31. The van der Waals surface area contributed by atoms with Crippen LogP contribution in [-0.4, -0.2) is 15.9 Å². The van der Waals surface area contributed by atoms with Gasteiger partial charge in [-0.25, -0.2) is 4.39 Å². The lowest BCUT2D eigenvalue weighted by molar-refractivity contribution is 0.0942. The van der Waals surface area contributed by atoms with E-state index in [1.54, 1.807) is 24.3 Å². The van der Waals surface area contributed by atoms with Crippen LogP contribution in [0.5, 0.6) is 0 Å². The van der Waals surface area contributed by atoms with Crippen LogP contribution in [0.15, 0.2) is 54.6 Å². The van der Waals surface area contributed by atoms with E-state index in [0.29, 0.717) is 5.69 Å². The molecule has 2 rings (SSSR count). The second-order valence-electron chi connectivity index (χ2n) is 4.47. The molecule has 0 saturated heterocycles. The molecule has 0 saturated carbocycles.